The second-order valence-corrected chi connectivity index (χ2v) is 11.1. The number of ether oxygens (including phenoxy) is 5. The topological polar surface area (TPSA) is 242 Å². The Labute approximate surface area is 263 Å². The number of carboxylic acid groups (broad SMARTS) is 1. The lowest BCUT2D eigenvalue weighted by molar-refractivity contribution is -0.278. The number of hydrogen-bond donors (Lipinski definition) is 5. The first-order valence-electron chi connectivity index (χ1n) is 14.1. The number of hydrogen-bond acceptors (Lipinski definition) is 15. The SMILES string of the molecule is COc1cc2cc(Oc3ccc4ccc(=O)oc4c3)c(=O)oc2cc1O[C@@H]1O[C@H](COC(=O)C[C@@](C)(O)CC(=O)O)[C@H](O)[C@H](O)[C@@H]1O. The molecule has 1 fully saturated rings. The summed E-state index contributed by atoms with van der Waals surface area (Å²) in [6, 6.07) is 11.6. The Balaban J connectivity index is 1.33. The summed E-state index contributed by atoms with van der Waals surface area (Å²) in [5.74, 6) is -2.37. The molecular formula is C31H30O16. The van der Waals surface area contributed by atoms with E-state index in [1.54, 1.807) is 18.2 Å². The summed E-state index contributed by atoms with van der Waals surface area (Å²) in [6.07, 6.45) is -9.83. The predicted octanol–water partition coefficient (Wildman–Crippen LogP) is 1.05. The molecule has 0 spiro atoms. The molecule has 3 heterocycles. The maximum atomic E-state index is 12.8. The van der Waals surface area contributed by atoms with Gasteiger partial charge in [-0.25, -0.2) is 9.59 Å². The molecular weight excluding hydrogens is 628 g/mol. The van der Waals surface area contributed by atoms with Gasteiger partial charge in [-0.3, -0.25) is 9.59 Å². The van der Waals surface area contributed by atoms with Gasteiger partial charge in [-0.15, -0.1) is 0 Å². The van der Waals surface area contributed by atoms with Crippen LogP contribution in [0.4, 0.5) is 0 Å². The van der Waals surface area contributed by atoms with Gasteiger partial charge in [0.25, 0.3) is 0 Å². The summed E-state index contributed by atoms with van der Waals surface area (Å²) in [6.45, 7) is 0.487. The Kier molecular flexibility index (Phi) is 9.50. The molecule has 5 rings (SSSR count). The fraction of sp³-hybridized carbons (Fsp3) is 0.355. The molecule has 0 aliphatic carbocycles. The highest BCUT2D eigenvalue weighted by Crippen LogP contribution is 2.36. The summed E-state index contributed by atoms with van der Waals surface area (Å²) in [7, 11) is 1.31. The third-order valence-corrected chi connectivity index (χ3v) is 7.19. The van der Waals surface area contributed by atoms with Gasteiger partial charge in [0.05, 0.1) is 25.6 Å². The summed E-state index contributed by atoms with van der Waals surface area (Å²) >= 11 is 0. The molecule has 0 bridgehead atoms. The number of rotatable bonds is 11. The molecule has 47 heavy (non-hydrogen) atoms. The Morgan fingerprint density at radius 3 is 2.28 bits per heavy atom. The van der Waals surface area contributed by atoms with Gasteiger partial charge in [0.15, 0.2) is 11.5 Å². The molecule has 6 atom stereocenters. The number of esters is 1. The van der Waals surface area contributed by atoms with Crippen LogP contribution in [0.15, 0.2) is 67.0 Å². The van der Waals surface area contributed by atoms with Crippen LogP contribution in [0.3, 0.4) is 0 Å². The van der Waals surface area contributed by atoms with Gasteiger partial charge >= 0.3 is 23.2 Å². The van der Waals surface area contributed by atoms with E-state index >= 15 is 0 Å². The smallest absolute Gasteiger partial charge is 0.379 e. The molecule has 2 aromatic carbocycles. The van der Waals surface area contributed by atoms with Crippen molar-refractivity contribution in [1.29, 1.82) is 0 Å². The van der Waals surface area contributed by atoms with Crippen LogP contribution in [-0.2, 0) is 19.1 Å². The van der Waals surface area contributed by atoms with Crippen molar-refractivity contribution >= 4 is 33.9 Å². The molecule has 4 aromatic rings. The van der Waals surface area contributed by atoms with Crippen LogP contribution >= 0.6 is 0 Å². The zero-order valence-corrected chi connectivity index (χ0v) is 24.9. The molecule has 5 N–H and O–H groups in total. The van der Waals surface area contributed by atoms with Gasteiger partial charge in [-0.1, -0.05) is 0 Å². The highest BCUT2D eigenvalue weighted by molar-refractivity contribution is 5.82. The number of carbonyl (C=O) groups is 2. The molecule has 1 aliphatic heterocycles. The molecule has 2 aromatic heterocycles. The molecule has 0 unspecified atom stereocenters. The van der Waals surface area contributed by atoms with Crippen LogP contribution in [0, 0.1) is 0 Å². The summed E-state index contributed by atoms with van der Waals surface area (Å²) in [4.78, 5) is 47.5. The van der Waals surface area contributed by atoms with Crippen molar-refractivity contribution < 1.29 is 67.6 Å². The largest absolute Gasteiger partial charge is 0.493 e. The van der Waals surface area contributed by atoms with E-state index in [9.17, 15) is 39.6 Å². The Bertz CT molecular complexity index is 1910. The van der Waals surface area contributed by atoms with Crippen molar-refractivity contribution in [3.8, 4) is 23.0 Å². The zero-order valence-electron chi connectivity index (χ0n) is 24.9. The fourth-order valence-corrected chi connectivity index (χ4v) is 4.86. The predicted molar refractivity (Wildman–Crippen MR) is 157 cm³/mol. The molecule has 250 valence electrons. The van der Waals surface area contributed by atoms with Crippen molar-refractivity contribution in [2.24, 2.45) is 0 Å². The van der Waals surface area contributed by atoms with Crippen molar-refractivity contribution in [2.75, 3.05) is 13.7 Å². The van der Waals surface area contributed by atoms with Crippen LogP contribution in [0.1, 0.15) is 19.8 Å². The van der Waals surface area contributed by atoms with Crippen molar-refractivity contribution in [2.45, 2.75) is 56.1 Å². The molecule has 0 amide bonds. The number of aliphatic hydroxyl groups is 4. The van der Waals surface area contributed by atoms with Crippen LogP contribution in [0.2, 0.25) is 0 Å². The second-order valence-electron chi connectivity index (χ2n) is 11.1. The fourth-order valence-electron chi connectivity index (χ4n) is 4.86. The van der Waals surface area contributed by atoms with Crippen LogP contribution < -0.4 is 25.5 Å². The van der Waals surface area contributed by atoms with E-state index in [1.807, 2.05) is 0 Å². The maximum Gasteiger partial charge on any atom is 0.379 e. The van der Waals surface area contributed by atoms with Gasteiger partial charge in [0.1, 0.15) is 47.9 Å². The van der Waals surface area contributed by atoms with Gasteiger partial charge in [-0.05, 0) is 37.3 Å². The van der Waals surface area contributed by atoms with E-state index < -0.39 is 78.9 Å². The average Bonchev–Trinajstić information content (AvgIpc) is 2.99. The maximum absolute atomic E-state index is 12.8. The molecule has 0 radical (unpaired) electrons. The first-order chi connectivity index (χ1) is 22.2. The summed E-state index contributed by atoms with van der Waals surface area (Å²) < 4.78 is 38.0. The summed E-state index contributed by atoms with van der Waals surface area (Å²) in [5.41, 5.74) is -3.08. The van der Waals surface area contributed by atoms with E-state index in [-0.39, 0.29) is 34.2 Å². The normalized spacial score (nSPS) is 22.4. The minimum absolute atomic E-state index is 0.00688. The number of carbonyl (C=O) groups excluding carboxylic acids is 1. The molecule has 1 saturated heterocycles. The van der Waals surface area contributed by atoms with Crippen LogP contribution in [0.5, 0.6) is 23.0 Å². The van der Waals surface area contributed by atoms with Gasteiger partial charge < -0.3 is 58.1 Å². The minimum atomic E-state index is -1.90. The highest BCUT2D eigenvalue weighted by atomic mass is 16.7. The van der Waals surface area contributed by atoms with Gasteiger partial charge in [0.2, 0.25) is 12.0 Å². The Morgan fingerprint density at radius 1 is 0.851 bits per heavy atom. The monoisotopic (exact) mass is 658 g/mol. The van der Waals surface area contributed by atoms with E-state index in [0.717, 1.165) is 6.92 Å². The third kappa shape index (κ3) is 7.70. The average molecular weight is 659 g/mol. The molecule has 0 saturated carbocycles. The van der Waals surface area contributed by atoms with Gasteiger partial charge in [-0.2, -0.15) is 0 Å². The number of methoxy groups -OCH3 is 1. The summed E-state index contributed by atoms with van der Waals surface area (Å²) in [5, 5.41) is 51.3. The minimum Gasteiger partial charge on any atom is -0.493 e. The lowest BCUT2D eigenvalue weighted by atomic mass is 9.98. The van der Waals surface area contributed by atoms with E-state index in [2.05, 4.69) is 0 Å². The zero-order chi connectivity index (χ0) is 34.0. The first kappa shape index (κ1) is 33.4. The lowest BCUT2D eigenvalue weighted by Crippen LogP contribution is -2.60. The van der Waals surface area contributed by atoms with E-state index in [4.69, 9.17) is 37.6 Å². The number of fused-ring (bicyclic) bond motifs is 2. The van der Waals surface area contributed by atoms with E-state index in [0.29, 0.717) is 10.8 Å². The third-order valence-electron chi connectivity index (χ3n) is 7.19. The molecule has 16 nitrogen and oxygen atoms in total. The number of carboxylic acids is 1. The molecule has 16 heteroatoms. The lowest BCUT2D eigenvalue weighted by Gasteiger charge is -2.40. The van der Waals surface area contributed by atoms with Crippen molar-refractivity contribution in [3.63, 3.8) is 0 Å². The number of aliphatic hydroxyl groups excluding tert-OH is 3. The Morgan fingerprint density at radius 2 is 1.55 bits per heavy atom. The quantitative estimate of drug-likeness (QED) is 0.112. The van der Waals surface area contributed by atoms with Crippen LogP contribution in [0.25, 0.3) is 21.9 Å². The molecule has 1 aliphatic rings. The standard InChI is InChI=1S/C31H30O16/c1-31(40,11-23(32)33)12-25(35)42-13-22-26(36)27(37)28(38)30(47-22)46-20-10-18-15(7-19(20)41-2)8-21(29(39)45-18)43-16-5-3-14-4-6-24(34)44-17(14)9-16/h3-10,22,26-28,30,36-38,40H,11-13H2,1-2H3,(H,32,33)/t22-,26+,27+,28+,30-,31+/m1/s1. The van der Waals surface area contributed by atoms with Crippen molar-refractivity contribution in [3.05, 3.63) is 69.4 Å². The van der Waals surface area contributed by atoms with Crippen LogP contribution in [-0.4, -0.2) is 87.5 Å². The van der Waals surface area contributed by atoms with Crippen molar-refractivity contribution in [1.82, 2.24) is 0 Å². The second kappa shape index (κ2) is 13.4. The van der Waals surface area contributed by atoms with E-state index in [1.165, 1.54) is 37.4 Å². The number of benzene rings is 2. The number of aliphatic carboxylic acids is 1. The Hall–Kier alpha value is -5.00. The highest BCUT2D eigenvalue weighted by Gasteiger charge is 2.46. The first-order valence-corrected chi connectivity index (χ1v) is 14.1. The van der Waals surface area contributed by atoms with Gasteiger partial charge in [0, 0.05) is 29.0 Å².